The Hall–Kier alpha value is -1.03. The Labute approximate surface area is 117 Å². The zero-order valence-corrected chi connectivity index (χ0v) is 11.7. The molecule has 1 atom stereocenters. The van der Waals surface area contributed by atoms with E-state index in [0.29, 0.717) is 0 Å². The van der Waals surface area contributed by atoms with Gasteiger partial charge in [0.25, 0.3) is 0 Å². The summed E-state index contributed by atoms with van der Waals surface area (Å²) in [5.74, 6) is -0.0447. The summed E-state index contributed by atoms with van der Waals surface area (Å²) in [6.45, 7) is 1.82. The van der Waals surface area contributed by atoms with Crippen molar-refractivity contribution in [2.24, 2.45) is 5.92 Å². The summed E-state index contributed by atoms with van der Waals surface area (Å²) < 4.78 is 40.2. The fourth-order valence-electron chi connectivity index (χ4n) is 3.04. The summed E-state index contributed by atoms with van der Waals surface area (Å²) in [5.41, 5.74) is -1.87. The molecule has 20 heavy (non-hydrogen) atoms. The van der Waals surface area contributed by atoms with Crippen molar-refractivity contribution in [1.82, 2.24) is 0 Å². The monoisotopic (exact) mass is 286 g/mol. The first-order valence-electron chi connectivity index (χ1n) is 7.19. The highest BCUT2D eigenvalue weighted by atomic mass is 19.4. The predicted molar refractivity (Wildman–Crippen MR) is 72.3 cm³/mol. The third-order valence-corrected chi connectivity index (χ3v) is 4.31. The van der Waals surface area contributed by atoms with E-state index in [2.05, 4.69) is 0 Å². The Kier molecular flexibility index (Phi) is 4.43. The molecule has 112 valence electrons. The molecule has 0 aromatic heterocycles. The topological polar surface area (TPSA) is 20.2 Å². The smallest absolute Gasteiger partial charge is 0.376 e. The molecule has 1 fully saturated rings. The lowest BCUT2D eigenvalue weighted by Gasteiger charge is -2.35. The van der Waals surface area contributed by atoms with Crippen LogP contribution in [0.5, 0.6) is 0 Å². The molecule has 1 aliphatic carbocycles. The minimum absolute atomic E-state index is 0.0406. The minimum Gasteiger partial charge on any atom is -0.376 e. The largest absolute Gasteiger partial charge is 0.421 e. The first kappa shape index (κ1) is 15.4. The maximum absolute atomic E-state index is 13.4. The van der Waals surface area contributed by atoms with E-state index in [9.17, 15) is 18.3 Å². The molecule has 0 spiro atoms. The maximum atomic E-state index is 13.4. The van der Waals surface area contributed by atoms with Gasteiger partial charge in [0, 0.05) is 0 Å². The molecule has 2 rings (SSSR count). The summed E-state index contributed by atoms with van der Waals surface area (Å²) in [5, 5.41) is 10.3. The summed E-state index contributed by atoms with van der Waals surface area (Å²) in [6.07, 6.45) is -0.280. The first-order chi connectivity index (χ1) is 9.33. The van der Waals surface area contributed by atoms with Gasteiger partial charge in [-0.2, -0.15) is 13.2 Å². The molecule has 0 bridgehead atoms. The van der Waals surface area contributed by atoms with Gasteiger partial charge in [0.1, 0.15) is 0 Å². The normalized spacial score (nSPS) is 20.6. The van der Waals surface area contributed by atoms with Crippen molar-refractivity contribution in [3.05, 3.63) is 35.4 Å². The van der Waals surface area contributed by atoms with Gasteiger partial charge < -0.3 is 5.11 Å². The van der Waals surface area contributed by atoms with Crippen LogP contribution in [0.15, 0.2) is 24.3 Å². The number of aryl methyl sites for hydroxylation is 1. The highest BCUT2D eigenvalue weighted by Gasteiger charge is 2.55. The van der Waals surface area contributed by atoms with Gasteiger partial charge in [-0.15, -0.1) is 0 Å². The van der Waals surface area contributed by atoms with Crippen LogP contribution in [-0.4, -0.2) is 11.3 Å². The molecule has 1 nitrogen and oxygen atoms in total. The fraction of sp³-hybridized carbons (Fsp3) is 0.625. The van der Waals surface area contributed by atoms with Crippen molar-refractivity contribution in [2.45, 2.75) is 57.2 Å². The molecule has 0 amide bonds. The number of alkyl halides is 3. The van der Waals surface area contributed by atoms with Crippen LogP contribution in [0.3, 0.4) is 0 Å². The average Bonchev–Trinajstić information content (AvgIpc) is 2.39. The van der Waals surface area contributed by atoms with Crippen LogP contribution in [0.4, 0.5) is 13.2 Å². The highest BCUT2D eigenvalue weighted by Crippen LogP contribution is 2.45. The third-order valence-electron chi connectivity index (χ3n) is 4.31. The summed E-state index contributed by atoms with van der Waals surface area (Å²) in [7, 11) is 0. The average molecular weight is 286 g/mol. The van der Waals surface area contributed by atoms with E-state index in [4.69, 9.17) is 0 Å². The van der Waals surface area contributed by atoms with Crippen molar-refractivity contribution in [2.75, 3.05) is 0 Å². The molecule has 0 heterocycles. The van der Waals surface area contributed by atoms with Crippen LogP contribution >= 0.6 is 0 Å². The lowest BCUT2D eigenvalue weighted by molar-refractivity contribution is -0.273. The minimum atomic E-state index is -4.64. The molecular formula is C16H21F3O. The standard InChI is InChI=1S/C16H21F3O/c1-12-7-9-14(10-8-12)15(20,16(17,18)19)11-13-5-3-2-4-6-13/h7-10,13,20H,2-6,11H2,1H3. The number of hydrogen-bond donors (Lipinski definition) is 1. The van der Waals surface area contributed by atoms with Crippen molar-refractivity contribution in [1.29, 1.82) is 0 Å². The van der Waals surface area contributed by atoms with Crippen LogP contribution in [-0.2, 0) is 5.60 Å². The Morgan fingerprint density at radius 3 is 2.10 bits per heavy atom. The van der Waals surface area contributed by atoms with Gasteiger partial charge in [0.05, 0.1) is 0 Å². The molecule has 1 aromatic carbocycles. The van der Waals surface area contributed by atoms with Crippen LogP contribution in [0.25, 0.3) is 0 Å². The molecule has 0 aliphatic heterocycles. The van der Waals surface area contributed by atoms with Crippen molar-refractivity contribution < 1.29 is 18.3 Å². The zero-order chi connectivity index (χ0) is 14.8. The molecule has 1 aliphatic rings. The Morgan fingerprint density at radius 1 is 1.05 bits per heavy atom. The van der Waals surface area contributed by atoms with Crippen molar-refractivity contribution in [3.63, 3.8) is 0 Å². The maximum Gasteiger partial charge on any atom is 0.421 e. The van der Waals surface area contributed by atoms with Crippen LogP contribution in [0.2, 0.25) is 0 Å². The Bertz CT molecular complexity index is 432. The van der Waals surface area contributed by atoms with E-state index >= 15 is 0 Å². The number of hydrogen-bond acceptors (Lipinski definition) is 1. The molecule has 1 N–H and O–H groups in total. The van der Waals surface area contributed by atoms with Gasteiger partial charge >= 0.3 is 6.18 Å². The lowest BCUT2D eigenvalue weighted by atomic mass is 9.77. The van der Waals surface area contributed by atoms with Gasteiger partial charge in [-0.1, -0.05) is 61.9 Å². The van der Waals surface area contributed by atoms with E-state index in [1.165, 1.54) is 12.1 Å². The van der Waals surface area contributed by atoms with E-state index in [-0.39, 0.29) is 17.9 Å². The van der Waals surface area contributed by atoms with Gasteiger partial charge in [-0.3, -0.25) is 0 Å². The number of rotatable bonds is 3. The zero-order valence-electron chi connectivity index (χ0n) is 11.7. The SMILES string of the molecule is Cc1ccc(C(O)(CC2CCCCC2)C(F)(F)F)cc1. The van der Waals surface area contributed by atoms with E-state index in [1.807, 2.05) is 6.92 Å². The summed E-state index contributed by atoms with van der Waals surface area (Å²) in [4.78, 5) is 0. The molecular weight excluding hydrogens is 265 g/mol. The van der Waals surface area contributed by atoms with Crippen LogP contribution < -0.4 is 0 Å². The molecule has 1 saturated carbocycles. The van der Waals surface area contributed by atoms with Gasteiger partial charge in [-0.25, -0.2) is 0 Å². The van der Waals surface area contributed by atoms with E-state index in [1.54, 1.807) is 12.1 Å². The van der Waals surface area contributed by atoms with Crippen molar-refractivity contribution in [3.8, 4) is 0 Å². The second-order valence-corrected chi connectivity index (χ2v) is 5.93. The Balaban J connectivity index is 2.27. The van der Waals surface area contributed by atoms with Crippen LogP contribution in [0, 0.1) is 12.8 Å². The summed E-state index contributed by atoms with van der Waals surface area (Å²) >= 11 is 0. The molecule has 0 radical (unpaired) electrons. The van der Waals surface area contributed by atoms with Gasteiger partial charge in [0.2, 0.25) is 0 Å². The van der Waals surface area contributed by atoms with E-state index in [0.717, 1.165) is 37.7 Å². The molecule has 4 heteroatoms. The lowest BCUT2D eigenvalue weighted by Crippen LogP contribution is -2.44. The fourth-order valence-corrected chi connectivity index (χ4v) is 3.04. The highest BCUT2D eigenvalue weighted by molar-refractivity contribution is 5.28. The predicted octanol–water partition coefficient (Wildman–Crippen LogP) is 4.72. The number of aliphatic hydroxyl groups is 1. The second-order valence-electron chi connectivity index (χ2n) is 5.93. The van der Waals surface area contributed by atoms with Crippen molar-refractivity contribution >= 4 is 0 Å². The molecule has 1 aromatic rings. The molecule has 1 unspecified atom stereocenters. The van der Waals surface area contributed by atoms with E-state index < -0.39 is 11.8 Å². The second kappa shape index (κ2) is 5.76. The first-order valence-corrected chi connectivity index (χ1v) is 7.19. The van der Waals surface area contributed by atoms with Gasteiger partial charge in [0.15, 0.2) is 5.60 Å². The van der Waals surface area contributed by atoms with Crippen LogP contribution in [0.1, 0.15) is 49.7 Å². The molecule has 0 saturated heterocycles. The number of benzene rings is 1. The van der Waals surface area contributed by atoms with Gasteiger partial charge in [-0.05, 0) is 24.8 Å². The Morgan fingerprint density at radius 2 is 1.60 bits per heavy atom. The third kappa shape index (κ3) is 3.17. The quantitative estimate of drug-likeness (QED) is 0.852. The summed E-state index contributed by atoms with van der Waals surface area (Å²) in [6, 6.07) is 6.02. The number of halogens is 3.